The van der Waals surface area contributed by atoms with E-state index < -0.39 is 12.3 Å². The first kappa shape index (κ1) is 31.5. The predicted molar refractivity (Wildman–Crippen MR) is 186 cm³/mol. The molecule has 46 heavy (non-hydrogen) atoms. The summed E-state index contributed by atoms with van der Waals surface area (Å²) in [5, 5.41) is 7.03. The Balaban J connectivity index is 1.67. The van der Waals surface area contributed by atoms with Crippen LogP contribution in [0.5, 0.6) is 11.5 Å². The SMILES string of the molecule is CCCCOC(=O)Oc1c2ccccc2c(-c2c3ccccc3c(OC(=O)OCCCC)c3ccc(Cl)cc23)c2cc(Cl)ccc12. The van der Waals surface area contributed by atoms with Gasteiger partial charge in [-0.2, -0.15) is 0 Å². The zero-order valence-electron chi connectivity index (χ0n) is 25.5. The Morgan fingerprint density at radius 3 is 1.28 bits per heavy atom. The summed E-state index contributed by atoms with van der Waals surface area (Å²) in [6.07, 6.45) is 1.73. The molecule has 6 aromatic carbocycles. The van der Waals surface area contributed by atoms with Gasteiger partial charge in [-0.25, -0.2) is 9.59 Å². The monoisotopic (exact) mass is 654 g/mol. The highest BCUT2D eigenvalue weighted by atomic mass is 35.5. The Labute approximate surface area is 276 Å². The summed E-state index contributed by atoms with van der Waals surface area (Å²) in [5.74, 6) is 0.767. The van der Waals surface area contributed by atoms with Crippen LogP contribution in [0, 0.1) is 0 Å². The average molecular weight is 656 g/mol. The second-order valence-corrected chi connectivity index (χ2v) is 11.9. The second kappa shape index (κ2) is 13.9. The number of unbranched alkanes of at least 4 members (excludes halogenated alkanes) is 2. The summed E-state index contributed by atoms with van der Waals surface area (Å²) in [6, 6.07) is 26.5. The van der Waals surface area contributed by atoms with Gasteiger partial charge < -0.3 is 18.9 Å². The van der Waals surface area contributed by atoms with E-state index in [-0.39, 0.29) is 13.2 Å². The molecule has 0 saturated carbocycles. The highest BCUT2D eigenvalue weighted by Crippen LogP contribution is 2.50. The minimum atomic E-state index is -0.766. The van der Waals surface area contributed by atoms with Crippen molar-refractivity contribution < 1.29 is 28.5 Å². The van der Waals surface area contributed by atoms with Gasteiger partial charge in [0.2, 0.25) is 0 Å². The van der Waals surface area contributed by atoms with Crippen LogP contribution in [0.2, 0.25) is 10.0 Å². The van der Waals surface area contributed by atoms with Crippen molar-refractivity contribution >= 4 is 78.6 Å². The van der Waals surface area contributed by atoms with Gasteiger partial charge in [-0.3, -0.25) is 0 Å². The van der Waals surface area contributed by atoms with Gasteiger partial charge >= 0.3 is 12.3 Å². The lowest BCUT2D eigenvalue weighted by Gasteiger charge is -2.21. The predicted octanol–water partition coefficient (Wildman–Crippen LogP) is 11.9. The molecule has 0 spiro atoms. The fraction of sp³-hybridized carbons (Fsp3) is 0.211. The largest absolute Gasteiger partial charge is 0.513 e. The van der Waals surface area contributed by atoms with Crippen molar-refractivity contribution in [2.24, 2.45) is 0 Å². The Morgan fingerprint density at radius 1 is 0.522 bits per heavy atom. The number of hydrogen-bond acceptors (Lipinski definition) is 6. The van der Waals surface area contributed by atoms with Gasteiger partial charge in [-0.1, -0.05) is 98.4 Å². The van der Waals surface area contributed by atoms with Gasteiger partial charge in [-0.15, -0.1) is 0 Å². The van der Waals surface area contributed by atoms with Crippen LogP contribution < -0.4 is 9.47 Å². The third kappa shape index (κ3) is 6.15. The minimum absolute atomic E-state index is 0.272. The molecule has 0 saturated heterocycles. The Kier molecular flexibility index (Phi) is 9.48. The number of fused-ring (bicyclic) bond motifs is 4. The van der Waals surface area contributed by atoms with Crippen LogP contribution >= 0.6 is 23.2 Å². The maximum absolute atomic E-state index is 12.9. The molecule has 6 rings (SSSR count). The molecule has 0 aliphatic carbocycles. The van der Waals surface area contributed by atoms with E-state index in [2.05, 4.69) is 0 Å². The number of benzene rings is 6. The smallest absolute Gasteiger partial charge is 0.434 e. The molecular formula is C38H32Cl2O6. The molecular weight excluding hydrogens is 623 g/mol. The van der Waals surface area contributed by atoms with E-state index in [9.17, 15) is 9.59 Å². The number of carbonyl (C=O) groups excluding carboxylic acids is 2. The van der Waals surface area contributed by atoms with Crippen LogP contribution in [-0.4, -0.2) is 25.5 Å². The maximum Gasteiger partial charge on any atom is 0.513 e. The van der Waals surface area contributed by atoms with Crippen LogP contribution in [-0.2, 0) is 9.47 Å². The Hall–Kier alpha value is -4.52. The van der Waals surface area contributed by atoms with Gasteiger partial charge in [0.15, 0.2) is 0 Å². The molecule has 0 unspecified atom stereocenters. The van der Waals surface area contributed by atoms with Gasteiger partial charge in [0.25, 0.3) is 0 Å². The molecule has 0 aliphatic heterocycles. The summed E-state index contributed by atoms with van der Waals surface area (Å²) < 4.78 is 22.6. The van der Waals surface area contributed by atoms with Crippen molar-refractivity contribution in [1.29, 1.82) is 0 Å². The molecule has 0 amide bonds. The summed E-state index contributed by atoms with van der Waals surface area (Å²) in [7, 11) is 0. The Morgan fingerprint density at radius 2 is 0.891 bits per heavy atom. The van der Waals surface area contributed by atoms with Gasteiger partial charge in [0, 0.05) is 31.6 Å². The molecule has 0 fully saturated rings. The summed E-state index contributed by atoms with van der Waals surface area (Å²) in [4.78, 5) is 25.7. The third-order valence-corrected chi connectivity index (χ3v) is 8.40. The number of carbonyl (C=O) groups is 2. The van der Waals surface area contributed by atoms with Gasteiger partial charge in [0.05, 0.1) is 13.2 Å². The topological polar surface area (TPSA) is 71.1 Å². The van der Waals surface area contributed by atoms with Crippen molar-refractivity contribution in [1.82, 2.24) is 0 Å². The number of rotatable bonds is 9. The number of halogens is 2. The minimum Gasteiger partial charge on any atom is -0.434 e. The van der Waals surface area contributed by atoms with Gasteiger partial charge in [0.1, 0.15) is 11.5 Å². The zero-order valence-corrected chi connectivity index (χ0v) is 27.0. The normalized spacial score (nSPS) is 11.3. The van der Waals surface area contributed by atoms with Crippen molar-refractivity contribution in [3.05, 3.63) is 95.0 Å². The first-order valence-electron chi connectivity index (χ1n) is 15.4. The lowest BCUT2D eigenvalue weighted by Crippen LogP contribution is -2.12. The molecule has 8 heteroatoms. The lowest BCUT2D eigenvalue weighted by molar-refractivity contribution is 0.0977. The third-order valence-electron chi connectivity index (χ3n) is 7.93. The van der Waals surface area contributed by atoms with E-state index in [1.807, 2.05) is 86.6 Å². The average Bonchev–Trinajstić information content (AvgIpc) is 3.05. The van der Waals surface area contributed by atoms with Crippen molar-refractivity contribution in [2.75, 3.05) is 13.2 Å². The quantitative estimate of drug-likeness (QED) is 0.0668. The van der Waals surface area contributed by atoms with E-state index in [4.69, 9.17) is 42.1 Å². The first-order chi connectivity index (χ1) is 22.4. The molecule has 0 aromatic heterocycles. The van der Waals surface area contributed by atoms with Crippen molar-refractivity contribution in [3.63, 3.8) is 0 Å². The zero-order chi connectivity index (χ0) is 32.2. The number of ether oxygens (including phenoxy) is 4. The fourth-order valence-corrected chi connectivity index (χ4v) is 6.15. The van der Waals surface area contributed by atoms with E-state index in [0.717, 1.165) is 69.1 Å². The fourth-order valence-electron chi connectivity index (χ4n) is 5.81. The van der Waals surface area contributed by atoms with E-state index >= 15 is 0 Å². The maximum atomic E-state index is 12.9. The van der Waals surface area contributed by atoms with Crippen LogP contribution in [0.4, 0.5) is 9.59 Å². The molecule has 0 N–H and O–H groups in total. The molecule has 0 bridgehead atoms. The highest BCUT2D eigenvalue weighted by Gasteiger charge is 2.25. The molecule has 0 radical (unpaired) electrons. The van der Waals surface area contributed by atoms with Crippen LogP contribution in [0.3, 0.4) is 0 Å². The van der Waals surface area contributed by atoms with Crippen LogP contribution in [0.25, 0.3) is 54.2 Å². The van der Waals surface area contributed by atoms with Crippen molar-refractivity contribution in [3.8, 4) is 22.6 Å². The molecule has 0 aliphatic rings. The Bertz CT molecular complexity index is 1950. The first-order valence-corrected chi connectivity index (χ1v) is 16.1. The molecule has 0 heterocycles. The second-order valence-electron chi connectivity index (χ2n) is 11.0. The molecule has 0 atom stereocenters. The standard InChI is InChI=1S/C38H32Cl2O6/c1-3-5-19-43-37(41)45-35-27-13-9-7-11-25(27)33(31-21-23(39)15-17-29(31)35)34-26-12-8-10-14-28(26)36(46-38(42)44-20-6-4-2)30-18-16-24(40)22-32(30)34/h7-18,21-22H,3-6,19-20H2,1-2H3. The molecule has 6 aromatic rings. The van der Waals surface area contributed by atoms with Crippen LogP contribution in [0.15, 0.2) is 84.9 Å². The summed E-state index contributed by atoms with van der Waals surface area (Å²) in [5.41, 5.74) is 1.72. The summed E-state index contributed by atoms with van der Waals surface area (Å²) >= 11 is 13.3. The van der Waals surface area contributed by atoms with Crippen LogP contribution in [0.1, 0.15) is 39.5 Å². The van der Waals surface area contributed by atoms with E-state index in [1.165, 1.54) is 0 Å². The van der Waals surface area contributed by atoms with Crippen molar-refractivity contribution in [2.45, 2.75) is 39.5 Å². The molecule has 6 nitrogen and oxygen atoms in total. The van der Waals surface area contributed by atoms with E-state index in [0.29, 0.717) is 32.3 Å². The number of hydrogen-bond donors (Lipinski definition) is 0. The lowest BCUT2D eigenvalue weighted by atomic mass is 9.85. The summed E-state index contributed by atoms with van der Waals surface area (Å²) in [6.45, 7) is 4.59. The van der Waals surface area contributed by atoms with E-state index in [1.54, 1.807) is 12.1 Å². The van der Waals surface area contributed by atoms with Gasteiger partial charge in [-0.05, 0) is 81.9 Å². The highest BCUT2D eigenvalue weighted by molar-refractivity contribution is 6.34. The molecule has 234 valence electrons.